The molecule has 0 saturated carbocycles. The van der Waals surface area contributed by atoms with Gasteiger partial charge in [0.1, 0.15) is 0 Å². The van der Waals surface area contributed by atoms with E-state index in [1.165, 1.54) is 15.3 Å². The molecular weight excluding hydrogens is 508 g/mol. The zero-order valence-corrected chi connectivity index (χ0v) is 20.6. The summed E-state index contributed by atoms with van der Waals surface area (Å²) < 4.78 is 32.8. The van der Waals surface area contributed by atoms with Crippen molar-refractivity contribution in [1.82, 2.24) is 29.1 Å². The van der Waals surface area contributed by atoms with Crippen LogP contribution in [0, 0.1) is 6.92 Å². The molecule has 186 valence electrons. The largest absolute Gasteiger partial charge is 0.504 e. The molecule has 11 nitrogen and oxygen atoms in total. The molecule has 1 fully saturated rings. The Balaban J connectivity index is 1.23. The second-order valence-electron chi connectivity index (χ2n) is 8.19. The number of benzene rings is 1. The number of aromatic nitrogens is 4. The summed E-state index contributed by atoms with van der Waals surface area (Å²) in [6.45, 7) is 2.12. The van der Waals surface area contributed by atoms with Gasteiger partial charge in [-0.25, -0.2) is 23.2 Å². The molecule has 0 atom stereocenters. The summed E-state index contributed by atoms with van der Waals surface area (Å²) >= 11 is 5.96. The summed E-state index contributed by atoms with van der Waals surface area (Å²) in [7, 11) is -4.03. The normalized spacial score (nSPS) is 14.8. The van der Waals surface area contributed by atoms with E-state index < -0.39 is 21.9 Å². The van der Waals surface area contributed by atoms with E-state index in [0.29, 0.717) is 15.9 Å². The molecule has 3 aromatic heterocycles. The summed E-state index contributed by atoms with van der Waals surface area (Å²) in [6.07, 6.45) is 4.11. The van der Waals surface area contributed by atoms with E-state index in [9.17, 15) is 18.3 Å². The summed E-state index contributed by atoms with van der Waals surface area (Å²) in [6, 6.07) is 8.29. The first-order chi connectivity index (χ1) is 17.2. The smallest absolute Gasteiger partial charge is 0.417 e. The van der Waals surface area contributed by atoms with Crippen LogP contribution in [-0.2, 0) is 10.0 Å². The number of hydrogen-bond donors (Lipinski definition) is 2. The zero-order chi connectivity index (χ0) is 25.4. The molecule has 2 N–H and O–H groups in total. The van der Waals surface area contributed by atoms with Crippen LogP contribution in [0.1, 0.15) is 5.69 Å². The van der Waals surface area contributed by atoms with Gasteiger partial charge in [0.25, 0.3) is 10.0 Å². The Morgan fingerprint density at radius 3 is 2.47 bits per heavy atom. The number of aromatic hydroxyl groups is 1. The van der Waals surface area contributed by atoms with Crippen LogP contribution in [0.3, 0.4) is 0 Å². The molecule has 0 radical (unpaired) electrons. The monoisotopic (exact) mass is 528 g/mol. The van der Waals surface area contributed by atoms with Gasteiger partial charge in [-0.15, -0.1) is 0 Å². The number of ether oxygens (including phenoxy) is 1. The molecular formula is C23H21ClN6O5S. The number of halogens is 1. The standard InChI is InChI=1S/C23H21ClN6O5S/c1-14-10-15(4-5-25-14)16-12-26-22(27-13-16)35-23(32)29-6-8-30(9-7-29)36(33,34)21-20(31)18-11-17(24)2-3-19(18)28-21/h2-5,10-13,28,31H,6-9H2,1H3. The number of hydrogen-bond acceptors (Lipinski definition) is 8. The highest BCUT2D eigenvalue weighted by molar-refractivity contribution is 7.89. The number of piperazine rings is 1. The molecule has 1 aromatic carbocycles. The predicted octanol–water partition coefficient (Wildman–Crippen LogP) is 3.19. The number of aromatic amines is 1. The number of sulfonamides is 1. The molecule has 5 rings (SSSR count). The number of amides is 1. The second kappa shape index (κ2) is 9.37. The van der Waals surface area contributed by atoms with Crippen molar-refractivity contribution in [3.05, 3.63) is 59.6 Å². The minimum absolute atomic E-state index is 0.0220. The van der Waals surface area contributed by atoms with Crippen molar-refractivity contribution in [3.8, 4) is 22.9 Å². The number of carbonyl (C=O) groups is 1. The van der Waals surface area contributed by atoms with Crippen molar-refractivity contribution in [3.63, 3.8) is 0 Å². The molecule has 4 aromatic rings. The van der Waals surface area contributed by atoms with Gasteiger partial charge >= 0.3 is 12.1 Å². The van der Waals surface area contributed by atoms with Crippen molar-refractivity contribution < 1.29 is 23.1 Å². The summed E-state index contributed by atoms with van der Waals surface area (Å²) in [5.41, 5.74) is 2.94. The van der Waals surface area contributed by atoms with Crippen LogP contribution in [0.2, 0.25) is 5.02 Å². The van der Waals surface area contributed by atoms with E-state index in [2.05, 4.69) is 19.9 Å². The molecule has 1 aliphatic heterocycles. The maximum Gasteiger partial charge on any atom is 0.417 e. The molecule has 1 amide bonds. The van der Waals surface area contributed by atoms with Crippen LogP contribution in [0.5, 0.6) is 11.8 Å². The number of pyridine rings is 1. The molecule has 0 unspecified atom stereocenters. The van der Waals surface area contributed by atoms with Crippen LogP contribution >= 0.6 is 11.6 Å². The van der Waals surface area contributed by atoms with E-state index in [-0.39, 0.29) is 37.2 Å². The van der Waals surface area contributed by atoms with Crippen LogP contribution in [0.25, 0.3) is 22.0 Å². The van der Waals surface area contributed by atoms with Gasteiger partial charge in [-0.05, 0) is 42.8 Å². The van der Waals surface area contributed by atoms with Crippen molar-refractivity contribution >= 4 is 38.6 Å². The third kappa shape index (κ3) is 4.57. The Kier molecular flexibility index (Phi) is 6.24. The average Bonchev–Trinajstić information content (AvgIpc) is 3.21. The van der Waals surface area contributed by atoms with Gasteiger partial charge in [-0.1, -0.05) is 11.6 Å². The molecule has 36 heavy (non-hydrogen) atoms. The van der Waals surface area contributed by atoms with E-state index >= 15 is 0 Å². The van der Waals surface area contributed by atoms with Crippen LogP contribution in [-0.4, -0.2) is 74.9 Å². The first kappa shape index (κ1) is 24.0. The molecule has 4 heterocycles. The summed E-state index contributed by atoms with van der Waals surface area (Å²) in [5, 5.41) is 10.9. The van der Waals surface area contributed by atoms with Crippen molar-refractivity contribution in [2.45, 2.75) is 11.9 Å². The first-order valence-corrected chi connectivity index (χ1v) is 12.8. The van der Waals surface area contributed by atoms with Gasteiger partial charge in [0.05, 0.1) is 5.52 Å². The lowest BCUT2D eigenvalue weighted by Crippen LogP contribution is -2.51. The Labute approximate surface area is 211 Å². The number of aryl methyl sites for hydroxylation is 1. The summed E-state index contributed by atoms with van der Waals surface area (Å²) in [5.74, 6) is -0.392. The van der Waals surface area contributed by atoms with Gasteiger partial charge in [0.2, 0.25) is 0 Å². The Morgan fingerprint density at radius 1 is 1.06 bits per heavy atom. The highest BCUT2D eigenvalue weighted by Gasteiger charge is 2.34. The number of nitrogens with zero attached hydrogens (tertiary/aromatic N) is 5. The minimum atomic E-state index is -4.03. The van der Waals surface area contributed by atoms with E-state index in [1.54, 1.807) is 30.7 Å². The first-order valence-electron chi connectivity index (χ1n) is 10.9. The van der Waals surface area contributed by atoms with Crippen molar-refractivity contribution in [2.75, 3.05) is 26.2 Å². The third-order valence-corrected chi connectivity index (χ3v) is 7.92. The number of fused-ring (bicyclic) bond motifs is 1. The Bertz CT molecular complexity index is 1550. The quantitative estimate of drug-likeness (QED) is 0.411. The maximum atomic E-state index is 13.1. The van der Waals surface area contributed by atoms with Gasteiger partial charge in [-0.2, -0.15) is 4.31 Å². The topological polar surface area (TPSA) is 142 Å². The SMILES string of the molecule is Cc1cc(-c2cnc(OC(=O)N3CCN(S(=O)(=O)c4[nH]c5ccc(Cl)cc5c4O)CC3)nc2)ccn1. The van der Waals surface area contributed by atoms with Crippen LogP contribution in [0.15, 0.2) is 53.9 Å². The van der Waals surface area contributed by atoms with Crippen molar-refractivity contribution in [2.24, 2.45) is 0 Å². The molecule has 1 aliphatic rings. The molecule has 0 bridgehead atoms. The number of nitrogens with one attached hydrogen (secondary N) is 1. The lowest BCUT2D eigenvalue weighted by molar-refractivity contribution is 0.129. The fourth-order valence-corrected chi connectivity index (χ4v) is 5.61. The van der Waals surface area contributed by atoms with Crippen LogP contribution < -0.4 is 4.74 Å². The zero-order valence-electron chi connectivity index (χ0n) is 19.0. The second-order valence-corrected chi connectivity index (χ2v) is 10.5. The van der Waals surface area contributed by atoms with Gasteiger partial charge in [0, 0.05) is 66.4 Å². The maximum absolute atomic E-state index is 13.1. The van der Waals surface area contributed by atoms with Gasteiger partial charge in [0.15, 0.2) is 10.8 Å². The Morgan fingerprint density at radius 2 is 1.78 bits per heavy atom. The predicted molar refractivity (Wildman–Crippen MR) is 131 cm³/mol. The molecule has 0 aliphatic carbocycles. The van der Waals surface area contributed by atoms with Crippen LogP contribution in [0.4, 0.5) is 4.79 Å². The lowest BCUT2D eigenvalue weighted by Gasteiger charge is -2.32. The Hall–Kier alpha value is -3.74. The van der Waals surface area contributed by atoms with Crippen molar-refractivity contribution in [1.29, 1.82) is 0 Å². The van der Waals surface area contributed by atoms with Gasteiger partial charge in [-0.3, -0.25) is 4.98 Å². The fourth-order valence-electron chi connectivity index (χ4n) is 3.94. The highest BCUT2D eigenvalue weighted by atomic mass is 35.5. The number of rotatable bonds is 4. The molecule has 1 saturated heterocycles. The molecule has 13 heteroatoms. The minimum Gasteiger partial charge on any atom is -0.504 e. The third-order valence-electron chi connectivity index (χ3n) is 5.83. The van der Waals surface area contributed by atoms with E-state index in [4.69, 9.17) is 16.3 Å². The number of carbonyl (C=O) groups excluding carboxylic acids is 1. The van der Waals surface area contributed by atoms with E-state index in [1.807, 2.05) is 19.1 Å². The average molecular weight is 529 g/mol. The van der Waals surface area contributed by atoms with E-state index in [0.717, 1.165) is 16.8 Å². The fraction of sp³-hybridized carbons (Fsp3) is 0.217. The highest BCUT2D eigenvalue weighted by Crippen LogP contribution is 2.35. The number of H-pyrrole nitrogens is 1. The summed E-state index contributed by atoms with van der Waals surface area (Å²) in [4.78, 5) is 29.1. The lowest BCUT2D eigenvalue weighted by atomic mass is 10.1. The van der Waals surface area contributed by atoms with Gasteiger partial charge < -0.3 is 19.7 Å². The molecule has 0 spiro atoms.